The zero-order valence-electron chi connectivity index (χ0n) is 11.4. The molecular weight excluding hydrogens is 239 g/mol. The maximum absolute atomic E-state index is 13.2. The number of hydrogen-bond donors (Lipinski definition) is 1. The molecule has 2 heteroatoms. The molecule has 0 heterocycles. The third-order valence-corrected chi connectivity index (χ3v) is 3.39. The van der Waals surface area contributed by atoms with Crippen LogP contribution in [0.5, 0.6) is 0 Å². The SMILES string of the molecule is Cc1ccc(CCC(O)c2ccc(F)c(C)c2)cc1. The van der Waals surface area contributed by atoms with Crippen molar-refractivity contribution in [3.63, 3.8) is 0 Å². The molecule has 0 amide bonds. The van der Waals surface area contributed by atoms with Gasteiger partial charge in [0.1, 0.15) is 5.82 Å². The van der Waals surface area contributed by atoms with E-state index in [1.54, 1.807) is 19.1 Å². The number of aryl methyl sites for hydroxylation is 3. The minimum absolute atomic E-state index is 0.227. The summed E-state index contributed by atoms with van der Waals surface area (Å²) in [7, 11) is 0. The highest BCUT2D eigenvalue weighted by Crippen LogP contribution is 2.21. The van der Waals surface area contributed by atoms with Crippen LogP contribution in [0.15, 0.2) is 42.5 Å². The highest BCUT2D eigenvalue weighted by molar-refractivity contribution is 5.26. The molecule has 2 aromatic rings. The van der Waals surface area contributed by atoms with E-state index in [-0.39, 0.29) is 5.82 Å². The van der Waals surface area contributed by atoms with Crippen molar-refractivity contribution < 1.29 is 9.50 Å². The Morgan fingerprint density at radius 2 is 1.74 bits per heavy atom. The van der Waals surface area contributed by atoms with Gasteiger partial charge in [-0.05, 0) is 49.4 Å². The molecule has 0 bridgehead atoms. The van der Waals surface area contributed by atoms with E-state index in [1.807, 2.05) is 0 Å². The Kier molecular flexibility index (Phi) is 4.33. The van der Waals surface area contributed by atoms with Gasteiger partial charge in [0.15, 0.2) is 0 Å². The van der Waals surface area contributed by atoms with Crippen molar-refractivity contribution in [2.75, 3.05) is 0 Å². The topological polar surface area (TPSA) is 20.2 Å². The quantitative estimate of drug-likeness (QED) is 0.875. The molecule has 1 unspecified atom stereocenters. The summed E-state index contributed by atoms with van der Waals surface area (Å²) in [6.45, 7) is 3.77. The van der Waals surface area contributed by atoms with Crippen molar-refractivity contribution in [2.45, 2.75) is 32.8 Å². The Labute approximate surface area is 113 Å². The van der Waals surface area contributed by atoms with Gasteiger partial charge in [-0.1, -0.05) is 42.0 Å². The summed E-state index contributed by atoms with van der Waals surface area (Å²) >= 11 is 0. The number of aliphatic hydroxyl groups is 1. The Bertz CT molecular complexity index is 546. The summed E-state index contributed by atoms with van der Waals surface area (Å²) in [4.78, 5) is 0. The summed E-state index contributed by atoms with van der Waals surface area (Å²) in [6, 6.07) is 13.1. The van der Waals surface area contributed by atoms with Gasteiger partial charge in [0.05, 0.1) is 6.10 Å². The second kappa shape index (κ2) is 5.98. The Hall–Kier alpha value is -1.67. The van der Waals surface area contributed by atoms with Crippen molar-refractivity contribution in [3.8, 4) is 0 Å². The van der Waals surface area contributed by atoms with Crippen molar-refractivity contribution in [1.82, 2.24) is 0 Å². The smallest absolute Gasteiger partial charge is 0.126 e. The predicted molar refractivity (Wildman–Crippen MR) is 75.6 cm³/mol. The van der Waals surface area contributed by atoms with Gasteiger partial charge in [-0.2, -0.15) is 0 Å². The van der Waals surface area contributed by atoms with Crippen molar-refractivity contribution in [3.05, 3.63) is 70.5 Å². The second-order valence-electron chi connectivity index (χ2n) is 5.05. The molecule has 0 aliphatic carbocycles. The van der Waals surface area contributed by atoms with Crippen LogP contribution in [-0.2, 0) is 6.42 Å². The third kappa shape index (κ3) is 3.65. The molecule has 0 saturated heterocycles. The molecule has 2 aromatic carbocycles. The third-order valence-electron chi connectivity index (χ3n) is 3.39. The van der Waals surface area contributed by atoms with Crippen molar-refractivity contribution in [1.29, 1.82) is 0 Å². The molecular formula is C17H19FO. The van der Waals surface area contributed by atoms with Gasteiger partial charge >= 0.3 is 0 Å². The van der Waals surface area contributed by atoms with E-state index in [4.69, 9.17) is 0 Å². The van der Waals surface area contributed by atoms with Gasteiger partial charge in [0.25, 0.3) is 0 Å². The number of aliphatic hydroxyl groups excluding tert-OH is 1. The molecule has 0 aromatic heterocycles. The molecule has 0 spiro atoms. The number of rotatable bonds is 4. The zero-order valence-corrected chi connectivity index (χ0v) is 11.4. The molecule has 0 saturated carbocycles. The van der Waals surface area contributed by atoms with Gasteiger partial charge in [-0.15, -0.1) is 0 Å². The molecule has 0 aliphatic rings. The van der Waals surface area contributed by atoms with Crippen LogP contribution in [0.25, 0.3) is 0 Å². The van der Waals surface area contributed by atoms with E-state index in [2.05, 4.69) is 31.2 Å². The summed E-state index contributed by atoms with van der Waals surface area (Å²) in [5.74, 6) is -0.227. The maximum Gasteiger partial charge on any atom is 0.126 e. The maximum atomic E-state index is 13.2. The van der Waals surface area contributed by atoms with Gasteiger partial charge in [-0.3, -0.25) is 0 Å². The number of hydrogen-bond acceptors (Lipinski definition) is 1. The molecule has 0 aliphatic heterocycles. The lowest BCUT2D eigenvalue weighted by molar-refractivity contribution is 0.167. The van der Waals surface area contributed by atoms with Crippen LogP contribution in [0.2, 0.25) is 0 Å². The molecule has 2 rings (SSSR count). The van der Waals surface area contributed by atoms with Crippen LogP contribution in [-0.4, -0.2) is 5.11 Å². The molecule has 1 nitrogen and oxygen atoms in total. The number of halogens is 1. The fraction of sp³-hybridized carbons (Fsp3) is 0.294. The molecule has 100 valence electrons. The Morgan fingerprint density at radius 1 is 1.05 bits per heavy atom. The first-order valence-corrected chi connectivity index (χ1v) is 6.56. The first-order chi connectivity index (χ1) is 9.06. The summed E-state index contributed by atoms with van der Waals surface area (Å²) in [5.41, 5.74) is 3.81. The molecule has 19 heavy (non-hydrogen) atoms. The fourth-order valence-corrected chi connectivity index (χ4v) is 2.10. The Morgan fingerprint density at radius 3 is 2.37 bits per heavy atom. The van der Waals surface area contributed by atoms with E-state index in [0.717, 1.165) is 12.0 Å². The first kappa shape index (κ1) is 13.8. The van der Waals surface area contributed by atoms with E-state index >= 15 is 0 Å². The lowest BCUT2D eigenvalue weighted by atomic mass is 9.99. The molecule has 1 atom stereocenters. The largest absolute Gasteiger partial charge is 0.388 e. The average Bonchev–Trinajstić information content (AvgIpc) is 2.41. The van der Waals surface area contributed by atoms with Gasteiger partial charge in [0.2, 0.25) is 0 Å². The zero-order chi connectivity index (χ0) is 13.8. The number of benzene rings is 2. The molecule has 0 radical (unpaired) electrons. The summed E-state index contributed by atoms with van der Waals surface area (Å²) in [5, 5.41) is 10.1. The standard InChI is InChI=1S/C17H19FO/c1-12-3-5-14(6-4-12)7-10-17(19)15-8-9-16(18)13(2)11-15/h3-6,8-9,11,17,19H,7,10H2,1-2H3. The average molecular weight is 258 g/mol. The Balaban J connectivity index is 1.98. The van der Waals surface area contributed by atoms with Gasteiger partial charge < -0.3 is 5.11 Å². The second-order valence-corrected chi connectivity index (χ2v) is 5.05. The monoisotopic (exact) mass is 258 g/mol. The van der Waals surface area contributed by atoms with Crippen molar-refractivity contribution in [2.24, 2.45) is 0 Å². The van der Waals surface area contributed by atoms with Crippen molar-refractivity contribution >= 4 is 0 Å². The summed E-state index contributed by atoms with van der Waals surface area (Å²) < 4.78 is 13.2. The van der Waals surface area contributed by atoms with Crippen LogP contribution in [0.1, 0.15) is 34.8 Å². The van der Waals surface area contributed by atoms with Crippen LogP contribution < -0.4 is 0 Å². The fourth-order valence-electron chi connectivity index (χ4n) is 2.10. The van der Waals surface area contributed by atoms with E-state index < -0.39 is 6.10 Å². The highest BCUT2D eigenvalue weighted by atomic mass is 19.1. The van der Waals surface area contributed by atoms with E-state index in [9.17, 15) is 9.50 Å². The van der Waals surface area contributed by atoms with E-state index in [0.29, 0.717) is 12.0 Å². The molecule has 1 N–H and O–H groups in total. The normalized spacial score (nSPS) is 12.4. The summed E-state index contributed by atoms with van der Waals surface area (Å²) in [6.07, 6.45) is 0.923. The lowest BCUT2D eigenvalue weighted by Crippen LogP contribution is -2.01. The first-order valence-electron chi connectivity index (χ1n) is 6.56. The van der Waals surface area contributed by atoms with Gasteiger partial charge in [0, 0.05) is 0 Å². The van der Waals surface area contributed by atoms with E-state index in [1.165, 1.54) is 17.2 Å². The minimum Gasteiger partial charge on any atom is -0.388 e. The lowest BCUT2D eigenvalue weighted by Gasteiger charge is -2.12. The van der Waals surface area contributed by atoms with Crippen LogP contribution in [0.4, 0.5) is 4.39 Å². The van der Waals surface area contributed by atoms with Gasteiger partial charge in [-0.25, -0.2) is 4.39 Å². The minimum atomic E-state index is -0.541. The predicted octanol–water partition coefficient (Wildman–Crippen LogP) is 4.11. The van der Waals surface area contributed by atoms with Crippen LogP contribution in [0, 0.1) is 19.7 Å². The highest BCUT2D eigenvalue weighted by Gasteiger charge is 2.09. The van der Waals surface area contributed by atoms with Crippen LogP contribution >= 0.6 is 0 Å². The molecule has 0 fully saturated rings. The van der Waals surface area contributed by atoms with Crippen LogP contribution in [0.3, 0.4) is 0 Å².